The van der Waals surface area contributed by atoms with Gasteiger partial charge in [-0.05, 0) is 40.0 Å². The first-order chi connectivity index (χ1) is 11.2. The molecule has 1 aliphatic heterocycles. The number of ether oxygens (including phenoxy) is 2. The Kier molecular flexibility index (Phi) is 7.25. The number of allylic oxidation sites excluding steroid dienone is 1. The number of amides is 2. The van der Waals surface area contributed by atoms with Crippen molar-refractivity contribution in [1.82, 2.24) is 10.2 Å². The molecule has 0 saturated carbocycles. The lowest BCUT2D eigenvalue weighted by molar-refractivity contribution is -0.150. The Morgan fingerprint density at radius 1 is 1.25 bits per heavy atom. The van der Waals surface area contributed by atoms with Gasteiger partial charge < -0.3 is 19.7 Å². The van der Waals surface area contributed by atoms with Crippen molar-refractivity contribution in [2.24, 2.45) is 5.92 Å². The quantitative estimate of drug-likeness (QED) is 0.589. The molecule has 0 bridgehead atoms. The highest BCUT2D eigenvalue weighted by molar-refractivity contribution is 5.91. The van der Waals surface area contributed by atoms with Crippen molar-refractivity contribution >= 4 is 18.0 Å². The Bertz CT molecular complexity index is 478. The van der Waals surface area contributed by atoms with Crippen molar-refractivity contribution in [2.75, 3.05) is 20.2 Å². The summed E-state index contributed by atoms with van der Waals surface area (Å²) in [5.41, 5.74) is -0.704. The number of rotatable bonds is 6. The molecule has 1 rings (SSSR count). The average molecular weight is 340 g/mol. The van der Waals surface area contributed by atoms with E-state index in [1.165, 1.54) is 13.2 Å². The summed E-state index contributed by atoms with van der Waals surface area (Å²) in [7, 11) is 1.25. The van der Waals surface area contributed by atoms with Crippen LogP contribution in [0.15, 0.2) is 12.7 Å². The maximum Gasteiger partial charge on any atom is 0.408 e. The number of nitrogens with zero attached hydrogens (tertiary/aromatic N) is 1. The van der Waals surface area contributed by atoms with Gasteiger partial charge in [-0.25, -0.2) is 4.79 Å². The molecule has 0 aromatic carbocycles. The lowest BCUT2D eigenvalue weighted by Gasteiger charge is -2.29. The van der Waals surface area contributed by atoms with Gasteiger partial charge in [0, 0.05) is 13.1 Å². The number of carbonyl (C=O) groups excluding carboxylic acids is 3. The van der Waals surface area contributed by atoms with Gasteiger partial charge in [0.2, 0.25) is 5.91 Å². The number of esters is 1. The Balaban J connectivity index is 2.99. The molecule has 0 aromatic rings. The van der Waals surface area contributed by atoms with Gasteiger partial charge in [-0.2, -0.15) is 0 Å². The fraction of sp³-hybridized carbons (Fsp3) is 0.706. The van der Waals surface area contributed by atoms with E-state index < -0.39 is 29.6 Å². The molecule has 7 heteroatoms. The molecular formula is C17H28N2O5. The average Bonchev–Trinajstić information content (AvgIpc) is 3.01. The van der Waals surface area contributed by atoms with Gasteiger partial charge in [0.25, 0.3) is 0 Å². The molecule has 1 fully saturated rings. The van der Waals surface area contributed by atoms with Crippen LogP contribution in [-0.4, -0.2) is 54.7 Å². The third kappa shape index (κ3) is 5.86. The Morgan fingerprint density at radius 2 is 1.83 bits per heavy atom. The van der Waals surface area contributed by atoms with Crippen LogP contribution >= 0.6 is 0 Å². The second-order valence-corrected chi connectivity index (χ2v) is 6.81. The second kappa shape index (κ2) is 8.70. The molecule has 2 amide bonds. The number of alkyl carbamates (subject to hydrolysis) is 1. The summed E-state index contributed by atoms with van der Waals surface area (Å²) < 4.78 is 10.0. The number of likely N-dealkylation sites (tertiary alicyclic amines) is 1. The number of carbonyl (C=O) groups is 3. The molecule has 1 heterocycles. The standard InChI is InChI=1S/C17H28N2O5/c1-6-9-12(15(21)23-5)13(14(20)19-10-7-8-11-19)18-16(22)24-17(2,3)4/h6,12-13H,1,7-11H2,2-5H3,(H,18,22)/t12-,13-/m0/s1. The van der Waals surface area contributed by atoms with Crippen molar-refractivity contribution in [3.63, 3.8) is 0 Å². The van der Waals surface area contributed by atoms with Crippen molar-refractivity contribution in [2.45, 2.75) is 51.7 Å². The van der Waals surface area contributed by atoms with Crippen LogP contribution in [0.2, 0.25) is 0 Å². The van der Waals surface area contributed by atoms with Crippen LogP contribution in [0, 0.1) is 5.92 Å². The maximum atomic E-state index is 12.8. The van der Waals surface area contributed by atoms with E-state index in [1.54, 1.807) is 25.7 Å². The van der Waals surface area contributed by atoms with Crippen molar-refractivity contribution < 1.29 is 23.9 Å². The molecule has 7 nitrogen and oxygen atoms in total. The van der Waals surface area contributed by atoms with E-state index in [0.717, 1.165) is 12.8 Å². The molecule has 136 valence electrons. The van der Waals surface area contributed by atoms with Crippen LogP contribution < -0.4 is 5.32 Å². The van der Waals surface area contributed by atoms with Gasteiger partial charge in [0.05, 0.1) is 13.0 Å². The zero-order valence-corrected chi connectivity index (χ0v) is 15.0. The Hall–Kier alpha value is -2.05. The Morgan fingerprint density at radius 3 is 2.29 bits per heavy atom. The smallest absolute Gasteiger partial charge is 0.408 e. The predicted molar refractivity (Wildman–Crippen MR) is 89.3 cm³/mol. The monoisotopic (exact) mass is 340 g/mol. The summed E-state index contributed by atoms with van der Waals surface area (Å²) in [4.78, 5) is 38.7. The lowest BCUT2D eigenvalue weighted by Crippen LogP contribution is -2.54. The molecule has 24 heavy (non-hydrogen) atoms. The Labute approximate surface area is 143 Å². The predicted octanol–water partition coefficient (Wildman–Crippen LogP) is 1.87. The molecule has 2 atom stereocenters. The van der Waals surface area contributed by atoms with Crippen LogP contribution in [0.4, 0.5) is 4.79 Å². The van der Waals surface area contributed by atoms with Crippen molar-refractivity contribution in [3.05, 3.63) is 12.7 Å². The maximum absolute atomic E-state index is 12.8. The zero-order chi connectivity index (χ0) is 18.3. The third-order valence-corrected chi connectivity index (χ3v) is 3.68. The van der Waals surface area contributed by atoms with Gasteiger partial charge in [-0.3, -0.25) is 9.59 Å². The normalized spacial score (nSPS) is 16.9. The van der Waals surface area contributed by atoms with Gasteiger partial charge >= 0.3 is 12.1 Å². The molecule has 0 spiro atoms. The first kappa shape index (κ1) is 20.0. The highest BCUT2D eigenvalue weighted by atomic mass is 16.6. The van der Waals surface area contributed by atoms with Crippen molar-refractivity contribution in [3.8, 4) is 0 Å². The molecule has 1 saturated heterocycles. The summed E-state index contributed by atoms with van der Waals surface area (Å²) in [6, 6.07) is -1.04. The van der Waals surface area contributed by atoms with Gasteiger partial charge in [-0.1, -0.05) is 6.08 Å². The summed E-state index contributed by atoms with van der Waals surface area (Å²) in [6.45, 7) is 10.0. The van der Waals surface area contributed by atoms with Gasteiger partial charge in [-0.15, -0.1) is 6.58 Å². The van der Waals surface area contributed by atoms with E-state index in [1.807, 2.05) is 0 Å². The van der Waals surface area contributed by atoms with Crippen molar-refractivity contribution in [1.29, 1.82) is 0 Å². The molecule has 1 N–H and O–H groups in total. The van der Waals surface area contributed by atoms with E-state index >= 15 is 0 Å². The number of nitrogens with one attached hydrogen (secondary N) is 1. The van der Waals surface area contributed by atoms with Crippen LogP contribution in [0.1, 0.15) is 40.0 Å². The fourth-order valence-electron chi connectivity index (χ4n) is 2.60. The summed E-state index contributed by atoms with van der Waals surface area (Å²) in [5.74, 6) is -1.70. The molecular weight excluding hydrogens is 312 g/mol. The van der Waals surface area contributed by atoms with E-state index in [0.29, 0.717) is 13.1 Å². The van der Waals surface area contributed by atoms with E-state index in [2.05, 4.69) is 11.9 Å². The van der Waals surface area contributed by atoms with Crippen LogP contribution in [-0.2, 0) is 19.1 Å². The van der Waals surface area contributed by atoms with E-state index in [9.17, 15) is 14.4 Å². The third-order valence-electron chi connectivity index (χ3n) is 3.68. The second-order valence-electron chi connectivity index (χ2n) is 6.81. The van der Waals surface area contributed by atoms with Crippen LogP contribution in [0.3, 0.4) is 0 Å². The SMILES string of the molecule is C=CC[C@H](C(=O)OC)[C@H](NC(=O)OC(C)(C)C)C(=O)N1CCCC1. The molecule has 0 radical (unpaired) electrons. The van der Waals surface area contributed by atoms with Gasteiger partial charge in [0.1, 0.15) is 11.6 Å². The highest BCUT2D eigenvalue weighted by Gasteiger charge is 2.38. The summed E-state index contributed by atoms with van der Waals surface area (Å²) in [5, 5.41) is 2.55. The minimum absolute atomic E-state index is 0.215. The molecule has 0 aliphatic carbocycles. The summed E-state index contributed by atoms with van der Waals surface area (Å²) in [6.07, 6.45) is 2.83. The molecule has 0 unspecified atom stereocenters. The first-order valence-electron chi connectivity index (χ1n) is 8.16. The molecule has 1 aliphatic rings. The highest BCUT2D eigenvalue weighted by Crippen LogP contribution is 2.19. The number of methoxy groups -OCH3 is 1. The topological polar surface area (TPSA) is 84.9 Å². The largest absolute Gasteiger partial charge is 0.469 e. The summed E-state index contributed by atoms with van der Waals surface area (Å²) >= 11 is 0. The fourth-order valence-corrected chi connectivity index (χ4v) is 2.60. The lowest BCUT2D eigenvalue weighted by atomic mass is 9.95. The minimum Gasteiger partial charge on any atom is -0.469 e. The van der Waals surface area contributed by atoms with Gasteiger partial charge in [0.15, 0.2) is 0 Å². The first-order valence-corrected chi connectivity index (χ1v) is 8.16. The number of hydrogen-bond acceptors (Lipinski definition) is 5. The van der Waals surface area contributed by atoms with Crippen LogP contribution in [0.5, 0.6) is 0 Å². The minimum atomic E-state index is -1.04. The number of hydrogen-bond donors (Lipinski definition) is 1. The zero-order valence-electron chi connectivity index (χ0n) is 15.0. The van der Waals surface area contributed by atoms with Crippen LogP contribution in [0.25, 0.3) is 0 Å². The van der Waals surface area contributed by atoms with E-state index in [4.69, 9.17) is 9.47 Å². The van der Waals surface area contributed by atoms with E-state index in [-0.39, 0.29) is 12.3 Å². The molecule has 0 aromatic heterocycles.